The van der Waals surface area contributed by atoms with Crippen molar-refractivity contribution in [2.75, 3.05) is 0 Å². The normalized spacial score (nSPS) is 15.3. The van der Waals surface area contributed by atoms with Gasteiger partial charge in [-0.15, -0.1) is 0 Å². The minimum Gasteiger partial charge on any atom is -0.0856 e. The first kappa shape index (κ1) is 21.7. The van der Waals surface area contributed by atoms with Crippen LogP contribution in [-0.4, -0.2) is 0 Å². The monoisotopic (exact) mass is 308 g/mol. The Balaban J connectivity index is 3.60. The number of rotatable bonds is 14. The lowest BCUT2D eigenvalue weighted by Crippen LogP contribution is -2.00. The van der Waals surface area contributed by atoms with Crippen LogP contribution in [0.2, 0.25) is 0 Å². The average Bonchev–Trinajstić information content (AvgIpc) is 2.46. The maximum absolute atomic E-state index is 2.46. The van der Waals surface area contributed by atoms with Gasteiger partial charge in [0.05, 0.1) is 0 Å². The number of hydrogen-bond acceptors (Lipinski definition) is 0. The molecule has 2 unspecified atom stereocenters. The molecule has 0 radical (unpaired) electrons. The molecule has 0 fully saturated rings. The van der Waals surface area contributed by atoms with Crippen LogP contribution in [0.1, 0.15) is 112 Å². The third-order valence-electron chi connectivity index (χ3n) is 5.01. The summed E-state index contributed by atoms with van der Waals surface area (Å²) in [4.78, 5) is 0. The first-order valence-electron chi connectivity index (χ1n) is 10.2. The lowest BCUT2D eigenvalue weighted by atomic mass is 9.91. The Labute approximate surface area is 142 Å². The van der Waals surface area contributed by atoms with Crippen molar-refractivity contribution in [3.63, 3.8) is 0 Å². The molecule has 0 saturated heterocycles. The predicted molar refractivity (Wildman–Crippen MR) is 103 cm³/mol. The third kappa shape index (κ3) is 13.4. The Morgan fingerprint density at radius 1 is 0.727 bits per heavy atom. The fourth-order valence-electron chi connectivity index (χ4n) is 3.37. The molecule has 0 nitrogen and oxygen atoms in total. The zero-order valence-corrected chi connectivity index (χ0v) is 16.6. The second kappa shape index (κ2) is 14.3. The van der Waals surface area contributed by atoms with Crippen LogP contribution < -0.4 is 0 Å². The SMILES string of the molecule is CC/C=C(\CC)CCCC(C)CCCC(C)CCCC(C)C. The molecule has 0 heterocycles. The maximum Gasteiger partial charge on any atom is -0.0320 e. The lowest BCUT2D eigenvalue weighted by molar-refractivity contribution is 0.388. The molecule has 0 heteroatoms. The minimum atomic E-state index is 0.877. The van der Waals surface area contributed by atoms with Crippen LogP contribution >= 0.6 is 0 Å². The first-order chi connectivity index (χ1) is 10.5. The van der Waals surface area contributed by atoms with Gasteiger partial charge in [-0.1, -0.05) is 98.1 Å². The summed E-state index contributed by atoms with van der Waals surface area (Å²) in [5.41, 5.74) is 1.67. The van der Waals surface area contributed by atoms with Crippen LogP contribution in [-0.2, 0) is 0 Å². The Hall–Kier alpha value is -0.260. The van der Waals surface area contributed by atoms with Gasteiger partial charge in [0.2, 0.25) is 0 Å². The van der Waals surface area contributed by atoms with Crippen molar-refractivity contribution in [3.8, 4) is 0 Å². The van der Waals surface area contributed by atoms with E-state index >= 15 is 0 Å². The van der Waals surface area contributed by atoms with Gasteiger partial charge in [0, 0.05) is 0 Å². The Morgan fingerprint density at radius 3 is 1.68 bits per heavy atom. The molecule has 0 aromatic heterocycles. The largest absolute Gasteiger partial charge is 0.0856 e. The highest BCUT2D eigenvalue weighted by molar-refractivity contribution is 5.00. The highest BCUT2D eigenvalue weighted by Gasteiger charge is 2.06. The summed E-state index contributed by atoms with van der Waals surface area (Å²) in [5.74, 6) is 2.73. The van der Waals surface area contributed by atoms with Gasteiger partial charge < -0.3 is 0 Å². The van der Waals surface area contributed by atoms with Crippen molar-refractivity contribution in [2.45, 2.75) is 112 Å². The topological polar surface area (TPSA) is 0 Å². The molecule has 0 N–H and O–H groups in total. The van der Waals surface area contributed by atoms with E-state index in [9.17, 15) is 0 Å². The van der Waals surface area contributed by atoms with Crippen LogP contribution in [0.5, 0.6) is 0 Å². The predicted octanol–water partition coefficient (Wildman–Crippen LogP) is 8.17. The molecule has 132 valence electrons. The summed E-state index contributed by atoms with van der Waals surface area (Å²) in [6.45, 7) is 14.1. The summed E-state index contributed by atoms with van der Waals surface area (Å²) in [6, 6.07) is 0. The van der Waals surface area contributed by atoms with Crippen LogP contribution in [0.15, 0.2) is 11.6 Å². The lowest BCUT2D eigenvalue weighted by Gasteiger charge is -2.15. The van der Waals surface area contributed by atoms with Gasteiger partial charge in [-0.3, -0.25) is 0 Å². The van der Waals surface area contributed by atoms with Crippen LogP contribution in [0.25, 0.3) is 0 Å². The fraction of sp³-hybridized carbons (Fsp3) is 0.909. The molecule has 0 aliphatic heterocycles. The van der Waals surface area contributed by atoms with E-state index in [1.54, 1.807) is 5.57 Å². The summed E-state index contributed by atoms with van der Waals surface area (Å²) < 4.78 is 0. The van der Waals surface area contributed by atoms with Gasteiger partial charge in [-0.2, -0.15) is 0 Å². The Bertz CT molecular complexity index is 261. The van der Waals surface area contributed by atoms with Gasteiger partial charge >= 0.3 is 0 Å². The zero-order valence-electron chi connectivity index (χ0n) is 16.6. The molecule has 0 amide bonds. The van der Waals surface area contributed by atoms with Crippen molar-refractivity contribution in [3.05, 3.63) is 11.6 Å². The van der Waals surface area contributed by atoms with E-state index in [-0.39, 0.29) is 0 Å². The van der Waals surface area contributed by atoms with E-state index in [0.29, 0.717) is 0 Å². The van der Waals surface area contributed by atoms with E-state index in [4.69, 9.17) is 0 Å². The smallest absolute Gasteiger partial charge is 0.0320 e. The van der Waals surface area contributed by atoms with Gasteiger partial charge in [0.1, 0.15) is 0 Å². The summed E-state index contributed by atoms with van der Waals surface area (Å²) in [5, 5.41) is 0. The van der Waals surface area contributed by atoms with Gasteiger partial charge in [-0.25, -0.2) is 0 Å². The number of allylic oxidation sites excluding steroid dienone is 2. The van der Waals surface area contributed by atoms with E-state index in [0.717, 1.165) is 17.8 Å². The molecule has 0 rings (SSSR count). The quantitative estimate of drug-likeness (QED) is 0.284. The van der Waals surface area contributed by atoms with E-state index < -0.39 is 0 Å². The molecule has 2 atom stereocenters. The van der Waals surface area contributed by atoms with E-state index in [1.165, 1.54) is 70.6 Å². The summed E-state index contributed by atoms with van der Waals surface area (Å²) >= 11 is 0. The molecule has 0 aromatic rings. The van der Waals surface area contributed by atoms with Crippen molar-refractivity contribution in [2.24, 2.45) is 17.8 Å². The van der Waals surface area contributed by atoms with E-state index in [2.05, 4.69) is 47.6 Å². The molecule has 0 bridgehead atoms. The summed E-state index contributed by atoms with van der Waals surface area (Å²) in [7, 11) is 0. The maximum atomic E-state index is 2.46. The third-order valence-corrected chi connectivity index (χ3v) is 5.01. The molecular formula is C22H44. The molecule has 0 aliphatic rings. The molecule has 0 saturated carbocycles. The van der Waals surface area contributed by atoms with Crippen molar-refractivity contribution in [1.29, 1.82) is 0 Å². The standard InChI is InChI=1S/C22H44/c1-7-12-22(8-2)18-11-17-21(6)16-10-15-20(5)14-9-13-19(3)4/h12,19-21H,7-11,13-18H2,1-6H3/b22-12+. The highest BCUT2D eigenvalue weighted by Crippen LogP contribution is 2.22. The second-order valence-electron chi connectivity index (χ2n) is 7.98. The average molecular weight is 309 g/mol. The first-order valence-corrected chi connectivity index (χ1v) is 10.2. The fourth-order valence-corrected chi connectivity index (χ4v) is 3.37. The van der Waals surface area contributed by atoms with Gasteiger partial charge in [-0.05, 0) is 43.4 Å². The Kier molecular flexibility index (Phi) is 14.2. The summed E-state index contributed by atoms with van der Waals surface area (Å²) in [6.07, 6.45) is 17.6. The minimum absolute atomic E-state index is 0.877. The molecule has 22 heavy (non-hydrogen) atoms. The highest BCUT2D eigenvalue weighted by atomic mass is 14.1. The van der Waals surface area contributed by atoms with Crippen LogP contribution in [0.3, 0.4) is 0 Å². The molecule has 0 aromatic carbocycles. The molecule has 0 spiro atoms. The van der Waals surface area contributed by atoms with Crippen molar-refractivity contribution in [1.82, 2.24) is 0 Å². The molecular weight excluding hydrogens is 264 g/mol. The number of hydrogen-bond donors (Lipinski definition) is 0. The van der Waals surface area contributed by atoms with Gasteiger partial charge in [0.25, 0.3) is 0 Å². The van der Waals surface area contributed by atoms with Gasteiger partial charge in [0.15, 0.2) is 0 Å². The zero-order chi connectivity index (χ0) is 16.8. The Morgan fingerprint density at radius 2 is 1.23 bits per heavy atom. The molecule has 0 aliphatic carbocycles. The van der Waals surface area contributed by atoms with Crippen LogP contribution in [0.4, 0.5) is 0 Å². The van der Waals surface area contributed by atoms with E-state index in [1.807, 2.05) is 0 Å². The second-order valence-corrected chi connectivity index (χ2v) is 7.98. The van der Waals surface area contributed by atoms with Crippen molar-refractivity contribution < 1.29 is 0 Å². The van der Waals surface area contributed by atoms with Crippen molar-refractivity contribution >= 4 is 0 Å². The van der Waals surface area contributed by atoms with Crippen LogP contribution in [0, 0.1) is 17.8 Å².